The summed E-state index contributed by atoms with van der Waals surface area (Å²) in [5.41, 5.74) is 7.66. The lowest BCUT2D eigenvalue weighted by Crippen LogP contribution is -2.04. The van der Waals surface area contributed by atoms with Crippen LogP contribution in [0.2, 0.25) is 0 Å². The van der Waals surface area contributed by atoms with E-state index in [9.17, 15) is 0 Å². The number of imidazole rings is 1. The summed E-state index contributed by atoms with van der Waals surface area (Å²) in [6.45, 7) is 2.13. The number of nitrogens with zero attached hydrogens (tertiary/aromatic N) is 2. The predicted octanol–water partition coefficient (Wildman–Crippen LogP) is 2.07. The quantitative estimate of drug-likeness (QED) is 0.731. The monoisotopic (exact) mass is 187 g/mol. The molecule has 0 aliphatic carbocycles. The fourth-order valence-corrected chi connectivity index (χ4v) is 1.45. The van der Waals surface area contributed by atoms with Gasteiger partial charge in [0.15, 0.2) is 0 Å². The van der Waals surface area contributed by atoms with Crippen molar-refractivity contribution >= 4 is 5.69 Å². The SMILES string of the molecule is CC(c1ccc(N)cc1)n1ccnc1. The summed E-state index contributed by atoms with van der Waals surface area (Å²) in [6, 6.07) is 8.23. The van der Waals surface area contributed by atoms with E-state index < -0.39 is 0 Å². The fourth-order valence-electron chi connectivity index (χ4n) is 1.45. The van der Waals surface area contributed by atoms with Gasteiger partial charge in [0, 0.05) is 18.1 Å². The highest BCUT2D eigenvalue weighted by molar-refractivity contribution is 5.40. The van der Waals surface area contributed by atoms with E-state index in [0.29, 0.717) is 6.04 Å². The number of nitrogen functional groups attached to an aromatic ring is 1. The number of aromatic nitrogens is 2. The maximum atomic E-state index is 5.63. The average Bonchev–Trinajstić information content (AvgIpc) is 2.71. The Balaban J connectivity index is 2.28. The fraction of sp³-hybridized carbons (Fsp3) is 0.182. The van der Waals surface area contributed by atoms with Crippen LogP contribution in [0.4, 0.5) is 5.69 Å². The predicted molar refractivity (Wildman–Crippen MR) is 56.9 cm³/mol. The van der Waals surface area contributed by atoms with E-state index in [2.05, 4.69) is 16.5 Å². The minimum absolute atomic E-state index is 0.304. The van der Waals surface area contributed by atoms with Gasteiger partial charge in [-0.05, 0) is 24.6 Å². The Kier molecular flexibility index (Phi) is 2.23. The van der Waals surface area contributed by atoms with Gasteiger partial charge in [0.1, 0.15) is 0 Å². The molecule has 0 radical (unpaired) electrons. The molecule has 2 N–H and O–H groups in total. The van der Waals surface area contributed by atoms with Gasteiger partial charge in [-0.2, -0.15) is 0 Å². The molecular weight excluding hydrogens is 174 g/mol. The Hall–Kier alpha value is -1.77. The van der Waals surface area contributed by atoms with Crippen molar-refractivity contribution in [1.29, 1.82) is 0 Å². The second-order valence-corrected chi connectivity index (χ2v) is 3.35. The Labute approximate surface area is 83.2 Å². The smallest absolute Gasteiger partial charge is 0.0951 e. The van der Waals surface area contributed by atoms with Gasteiger partial charge in [0.2, 0.25) is 0 Å². The van der Waals surface area contributed by atoms with Crippen LogP contribution in [0.1, 0.15) is 18.5 Å². The van der Waals surface area contributed by atoms with Gasteiger partial charge < -0.3 is 10.3 Å². The maximum absolute atomic E-state index is 5.63. The molecule has 0 amide bonds. The van der Waals surface area contributed by atoms with Crippen LogP contribution in [0.25, 0.3) is 0 Å². The molecule has 2 aromatic rings. The van der Waals surface area contributed by atoms with Gasteiger partial charge in [-0.25, -0.2) is 4.98 Å². The first kappa shape index (κ1) is 8.81. The van der Waals surface area contributed by atoms with E-state index in [1.807, 2.05) is 36.8 Å². The zero-order valence-electron chi connectivity index (χ0n) is 8.09. The Morgan fingerprint density at radius 3 is 2.57 bits per heavy atom. The van der Waals surface area contributed by atoms with E-state index in [0.717, 1.165) is 5.69 Å². The third kappa shape index (κ3) is 1.62. The van der Waals surface area contributed by atoms with Crippen molar-refractivity contribution in [3.05, 3.63) is 48.5 Å². The number of hydrogen-bond acceptors (Lipinski definition) is 2. The largest absolute Gasteiger partial charge is 0.399 e. The third-order valence-corrected chi connectivity index (χ3v) is 2.39. The van der Waals surface area contributed by atoms with Crippen LogP contribution in [0.5, 0.6) is 0 Å². The molecule has 1 aromatic heterocycles. The molecule has 1 aromatic carbocycles. The zero-order chi connectivity index (χ0) is 9.97. The molecule has 0 saturated heterocycles. The standard InChI is InChI=1S/C11H13N3/c1-9(14-7-6-13-8-14)10-2-4-11(12)5-3-10/h2-9H,12H2,1H3. The lowest BCUT2D eigenvalue weighted by atomic mass is 10.1. The Morgan fingerprint density at radius 1 is 1.29 bits per heavy atom. The topological polar surface area (TPSA) is 43.8 Å². The molecule has 0 aliphatic heterocycles. The van der Waals surface area contributed by atoms with Gasteiger partial charge in [0.05, 0.1) is 12.4 Å². The first-order chi connectivity index (χ1) is 6.77. The molecule has 0 saturated carbocycles. The molecule has 1 unspecified atom stereocenters. The summed E-state index contributed by atoms with van der Waals surface area (Å²) in [4.78, 5) is 4.02. The number of hydrogen-bond donors (Lipinski definition) is 1. The molecule has 1 heterocycles. The average molecular weight is 187 g/mol. The molecule has 1 atom stereocenters. The van der Waals surface area contributed by atoms with Gasteiger partial charge in [0.25, 0.3) is 0 Å². The zero-order valence-corrected chi connectivity index (χ0v) is 8.09. The minimum atomic E-state index is 0.304. The molecule has 72 valence electrons. The maximum Gasteiger partial charge on any atom is 0.0951 e. The number of nitrogens with two attached hydrogens (primary N) is 1. The van der Waals surface area contributed by atoms with Crippen molar-refractivity contribution < 1.29 is 0 Å². The van der Waals surface area contributed by atoms with Gasteiger partial charge in [-0.15, -0.1) is 0 Å². The van der Waals surface area contributed by atoms with Crippen LogP contribution < -0.4 is 5.73 Å². The van der Waals surface area contributed by atoms with Crippen LogP contribution in [0.3, 0.4) is 0 Å². The lowest BCUT2D eigenvalue weighted by Gasteiger charge is -2.13. The van der Waals surface area contributed by atoms with E-state index in [1.54, 1.807) is 6.20 Å². The number of rotatable bonds is 2. The van der Waals surface area contributed by atoms with Crippen molar-refractivity contribution in [3.8, 4) is 0 Å². The van der Waals surface area contributed by atoms with Crippen molar-refractivity contribution in [2.24, 2.45) is 0 Å². The summed E-state index contributed by atoms with van der Waals surface area (Å²) >= 11 is 0. The van der Waals surface area contributed by atoms with Crippen LogP contribution >= 0.6 is 0 Å². The normalized spacial score (nSPS) is 12.6. The third-order valence-electron chi connectivity index (χ3n) is 2.39. The Bertz CT molecular complexity index is 389. The number of benzene rings is 1. The van der Waals surface area contributed by atoms with E-state index >= 15 is 0 Å². The van der Waals surface area contributed by atoms with Gasteiger partial charge >= 0.3 is 0 Å². The molecule has 0 spiro atoms. The molecule has 0 aliphatic rings. The van der Waals surface area contributed by atoms with Crippen LogP contribution in [-0.2, 0) is 0 Å². The van der Waals surface area contributed by atoms with Crippen molar-refractivity contribution in [2.45, 2.75) is 13.0 Å². The van der Waals surface area contributed by atoms with Gasteiger partial charge in [-0.3, -0.25) is 0 Å². The molecule has 2 rings (SSSR count). The first-order valence-corrected chi connectivity index (χ1v) is 4.60. The minimum Gasteiger partial charge on any atom is -0.399 e. The number of anilines is 1. The molecule has 0 bridgehead atoms. The lowest BCUT2D eigenvalue weighted by molar-refractivity contribution is 0.638. The highest BCUT2D eigenvalue weighted by Crippen LogP contribution is 2.18. The summed E-state index contributed by atoms with van der Waals surface area (Å²) in [6.07, 6.45) is 5.57. The highest BCUT2D eigenvalue weighted by atomic mass is 15.0. The summed E-state index contributed by atoms with van der Waals surface area (Å²) in [5.74, 6) is 0. The Morgan fingerprint density at radius 2 is 2.00 bits per heavy atom. The van der Waals surface area contributed by atoms with E-state index in [4.69, 9.17) is 5.73 Å². The second kappa shape index (κ2) is 3.54. The molecule has 0 fully saturated rings. The van der Waals surface area contributed by atoms with Gasteiger partial charge in [-0.1, -0.05) is 12.1 Å². The van der Waals surface area contributed by atoms with Crippen molar-refractivity contribution in [2.75, 3.05) is 5.73 Å². The molecular formula is C11H13N3. The molecule has 3 heteroatoms. The second-order valence-electron chi connectivity index (χ2n) is 3.35. The first-order valence-electron chi connectivity index (χ1n) is 4.60. The van der Waals surface area contributed by atoms with E-state index in [-0.39, 0.29) is 0 Å². The highest BCUT2D eigenvalue weighted by Gasteiger charge is 2.05. The van der Waals surface area contributed by atoms with E-state index in [1.165, 1.54) is 5.56 Å². The molecule has 3 nitrogen and oxygen atoms in total. The van der Waals surface area contributed by atoms with Crippen LogP contribution in [0, 0.1) is 0 Å². The van der Waals surface area contributed by atoms with Crippen LogP contribution in [-0.4, -0.2) is 9.55 Å². The molecule has 14 heavy (non-hydrogen) atoms. The summed E-state index contributed by atoms with van der Waals surface area (Å²) in [5, 5.41) is 0. The summed E-state index contributed by atoms with van der Waals surface area (Å²) in [7, 11) is 0. The summed E-state index contributed by atoms with van der Waals surface area (Å²) < 4.78 is 2.06. The van der Waals surface area contributed by atoms with Crippen molar-refractivity contribution in [1.82, 2.24) is 9.55 Å². The van der Waals surface area contributed by atoms with Crippen molar-refractivity contribution in [3.63, 3.8) is 0 Å². The van der Waals surface area contributed by atoms with Crippen LogP contribution in [0.15, 0.2) is 43.0 Å².